The SMILES string of the molecule is COC(C)C(O)Nc1ccccc1COc1cccc(-c2nc(C3CCC3)n3ccnc(N)c23)c1. The molecule has 35 heavy (non-hydrogen) atoms. The highest BCUT2D eigenvalue weighted by Gasteiger charge is 2.27. The molecule has 2 atom stereocenters. The number of aliphatic hydroxyl groups excluding tert-OH is 1. The zero-order valence-electron chi connectivity index (χ0n) is 20.0. The maximum atomic E-state index is 10.3. The van der Waals surface area contributed by atoms with Gasteiger partial charge >= 0.3 is 0 Å². The Labute approximate surface area is 204 Å². The molecule has 0 radical (unpaired) electrons. The minimum atomic E-state index is -0.831. The van der Waals surface area contributed by atoms with Crippen molar-refractivity contribution in [2.75, 3.05) is 18.2 Å². The molecule has 2 unspecified atom stereocenters. The number of nitrogens with zero attached hydrogens (tertiary/aromatic N) is 3. The van der Waals surface area contributed by atoms with Crippen molar-refractivity contribution in [2.24, 2.45) is 0 Å². The molecule has 4 N–H and O–H groups in total. The second-order valence-electron chi connectivity index (χ2n) is 8.98. The summed E-state index contributed by atoms with van der Waals surface area (Å²) in [7, 11) is 1.57. The fourth-order valence-corrected chi connectivity index (χ4v) is 4.33. The van der Waals surface area contributed by atoms with E-state index in [1.807, 2.05) is 54.7 Å². The molecule has 0 spiro atoms. The first kappa shape index (κ1) is 23.1. The number of hydrogen-bond acceptors (Lipinski definition) is 7. The van der Waals surface area contributed by atoms with Crippen molar-refractivity contribution in [3.63, 3.8) is 0 Å². The van der Waals surface area contributed by atoms with Crippen LogP contribution in [0, 0.1) is 0 Å². The van der Waals surface area contributed by atoms with Gasteiger partial charge in [0.05, 0.1) is 6.10 Å². The maximum absolute atomic E-state index is 10.3. The van der Waals surface area contributed by atoms with Gasteiger partial charge in [0, 0.05) is 42.2 Å². The summed E-state index contributed by atoms with van der Waals surface area (Å²) in [6.45, 7) is 2.14. The van der Waals surface area contributed by atoms with E-state index in [0.29, 0.717) is 18.3 Å². The molecule has 1 saturated carbocycles. The van der Waals surface area contributed by atoms with Crippen molar-refractivity contribution in [2.45, 2.75) is 51.0 Å². The number of aromatic nitrogens is 3. The number of anilines is 2. The molecule has 8 nitrogen and oxygen atoms in total. The molecule has 5 rings (SSSR count). The summed E-state index contributed by atoms with van der Waals surface area (Å²) >= 11 is 0. The quantitative estimate of drug-likeness (QED) is 0.305. The van der Waals surface area contributed by atoms with Crippen molar-refractivity contribution < 1.29 is 14.6 Å². The lowest BCUT2D eigenvalue weighted by atomic mass is 9.85. The molecule has 2 heterocycles. The number of ether oxygens (including phenoxy) is 2. The lowest BCUT2D eigenvalue weighted by Crippen LogP contribution is -2.32. The third kappa shape index (κ3) is 4.67. The highest BCUT2D eigenvalue weighted by Crippen LogP contribution is 2.39. The van der Waals surface area contributed by atoms with E-state index in [1.54, 1.807) is 20.2 Å². The number of nitrogens with one attached hydrogen (secondary N) is 1. The standard InChI is InChI=1S/C27H31N5O3/c1-17(34-2)27(33)30-22-12-4-3-7-20(22)16-35-21-11-6-10-19(15-21)23-24-25(28)29-13-14-32(24)26(31-23)18-8-5-9-18/h3-4,6-7,10-15,17-18,27,30,33H,5,8-9,16H2,1-2H3,(H2,28,29). The first-order valence-corrected chi connectivity index (χ1v) is 12.0. The van der Waals surface area contributed by atoms with Crippen molar-refractivity contribution in [3.8, 4) is 17.0 Å². The van der Waals surface area contributed by atoms with E-state index in [0.717, 1.165) is 52.4 Å². The largest absolute Gasteiger partial charge is 0.489 e. The zero-order valence-corrected chi connectivity index (χ0v) is 20.0. The van der Waals surface area contributed by atoms with Crippen molar-refractivity contribution >= 4 is 17.0 Å². The van der Waals surface area contributed by atoms with E-state index < -0.39 is 6.23 Å². The zero-order chi connectivity index (χ0) is 24.4. The molecule has 0 bridgehead atoms. The van der Waals surface area contributed by atoms with Gasteiger partial charge in [-0.05, 0) is 38.0 Å². The summed E-state index contributed by atoms with van der Waals surface area (Å²) in [5, 5.41) is 13.4. The van der Waals surface area contributed by atoms with Crippen LogP contribution in [0.5, 0.6) is 5.75 Å². The summed E-state index contributed by atoms with van der Waals surface area (Å²) in [4.78, 5) is 9.32. The fourth-order valence-electron chi connectivity index (χ4n) is 4.33. The number of benzene rings is 2. The molecule has 0 saturated heterocycles. The Bertz CT molecular complexity index is 1320. The van der Waals surface area contributed by atoms with Crippen LogP contribution in [0.1, 0.15) is 43.5 Å². The van der Waals surface area contributed by atoms with Gasteiger partial charge < -0.3 is 25.6 Å². The van der Waals surface area contributed by atoms with Gasteiger partial charge in [0.2, 0.25) is 0 Å². The first-order valence-electron chi connectivity index (χ1n) is 12.0. The third-order valence-electron chi connectivity index (χ3n) is 6.72. The van der Waals surface area contributed by atoms with E-state index in [-0.39, 0.29) is 6.10 Å². The van der Waals surface area contributed by atoms with Crippen LogP contribution < -0.4 is 15.8 Å². The van der Waals surface area contributed by atoms with E-state index in [2.05, 4.69) is 14.7 Å². The highest BCUT2D eigenvalue weighted by molar-refractivity contribution is 5.85. The summed E-state index contributed by atoms with van der Waals surface area (Å²) in [5.41, 5.74) is 10.6. The Kier molecular flexibility index (Phi) is 6.57. The lowest BCUT2D eigenvalue weighted by Gasteiger charge is -2.23. The summed E-state index contributed by atoms with van der Waals surface area (Å²) in [5.74, 6) is 2.69. The molecule has 2 aromatic carbocycles. The number of imidazole rings is 1. The molecular formula is C27H31N5O3. The smallest absolute Gasteiger partial charge is 0.150 e. The summed E-state index contributed by atoms with van der Waals surface area (Å²) in [6, 6.07) is 15.6. The average molecular weight is 474 g/mol. The van der Waals surface area contributed by atoms with Crippen LogP contribution in [0.15, 0.2) is 60.9 Å². The summed E-state index contributed by atoms with van der Waals surface area (Å²) in [6.07, 6.45) is 6.02. The van der Waals surface area contributed by atoms with Crippen LogP contribution in [0.3, 0.4) is 0 Å². The number of para-hydroxylation sites is 1. The maximum Gasteiger partial charge on any atom is 0.150 e. The van der Waals surface area contributed by atoms with Gasteiger partial charge in [-0.3, -0.25) is 4.40 Å². The van der Waals surface area contributed by atoms with E-state index >= 15 is 0 Å². The monoisotopic (exact) mass is 473 g/mol. The van der Waals surface area contributed by atoms with Gasteiger partial charge in [-0.15, -0.1) is 0 Å². The normalized spacial score (nSPS) is 15.5. The minimum Gasteiger partial charge on any atom is -0.489 e. The molecular weight excluding hydrogens is 442 g/mol. The average Bonchev–Trinajstić information content (AvgIpc) is 3.22. The Balaban J connectivity index is 1.40. The Hall–Kier alpha value is -3.62. The molecule has 1 fully saturated rings. The van der Waals surface area contributed by atoms with Gasteiger partial charge in [-0.2, -0.15) is 0 Å². The molecule has 1 aliphatic carbocycles. The first-order chi connectivity index (χ1) is 17.0. The second kappa shape index (κ2) is 9.93. The molecule has 182 valence electrons. The van der Waals surface area contributed by atoms with Crippen molar-refractivity contribution in [3.05, 3.63) is 72.3 Å². The van der Waals surface area contributed by atoms with Crippen molar-refractivity contribution in [1.82, 2.24) is 14.4 Å². The van der Waals surface area contributed by atoms with Gasteiger partial charge in [-0.25, -0.2) is 9.97 Å². The molecule has 8 heteroatoms. The van der Waals surface area contributed by atoms with Crippen LogP contribution in [0.25, 0.3) is 16.8 Å². The Morgan fingerprint density at radius 1 is 1.20 bits per heavy atom. The molecule has 0 aliphatic heterocycles. The van der Waals surface area contributed by atoms with Gasteiger partial charge in [0.15, 0.2) is 6.23 Å². The number of aliphatic hydroxyl groups is 1. The topological polar surface area (TPSA) is 107 Å². The minimum absolute atomic E-state index is 0.335. The Morgan fingerprint density at radius 3 is 2.80 bits per heavy atom. The number of nitrogens with two attached hydrogens (primary N) is 1. The van der Waals surface area contributed by atoms with Gasteiger partial charge in [0.1, 0.15) is 35.2 Å². The molecule has 1 aliphatic rings. The van der Waals surface area contributed by atoms with Crippen LogP contribution in [-0.4, -0.2) is 38.9 Å². The van der Waals surface area contributed by atoms with Crippen LogP contribution in [0.4, 0.5) is 11.5 Å². The van der Waals surface area contributed by atoms with E-state index in [4.69, 9.17) is 20.2 Å². The van der Waals surface area contributed by atoms with Crippen LogP contribution in [0.2, 0.25) is 0 Å². The number of methoxy groups -OCH3 is 1. The number of hydrogen-bond donors (Lipinski definition) is 3. The number of fused-ring (bicyclic) bond motifs is 1. The fraction of sp³-hybridized carbons (Fsp3) is 0.333. The second-order valence-corrected chi connectivity index (χ2v) is 8.98. The summed E-state index contributed by atoms with van der Waals surface area (Å²) < 4.78 is 13.5. The predicted molar refractivity (Wildman–Crippen MR) is 136 cm³/mol. The molecule has 4 aromatic rings. The molecule has 0 amide bonds. The number of rotatable bonds is 9. The van der Waals surface area contributed by atoms with E-state index in [9.17, 15) is 5.11 Å². The highest BCUT2D eigenvalue weighted by atomic mass is 16.5. The Morgan fingerprint density at radius 2 is 2.03 bits per heavy atom. The lowest BCUT2D eigenvalue weighted by molar-refractivity contribution is 0.0147. The van der Waals surface area contributed by atoms with Gasteiger partial charge in [0.25, 0.3) is 0 Å². The van der Waals surface area contributed by atoms with Gasteiger partial charge in [-0.1, -0.05) is 36.8 Å². The number of nitrogen functional groups attached to an aromatic ring is 1. The predicted octanol–water partition coefficient (Wildman–Crippen LogP) is 4.59. The van der Waals surface area contributed by atoms with Crippen molar-refractivity contribution in [1.29, 1.82) is 0 Å². The third-order valence-corrected chi connectivity index (χ3v) is 6.72. The van der Waals surface area contributed by atoms with Crippen LogP contribution >= 0.6 is 0 Å². The van der Waals surface area contributed by atoms with E-state index in [1.165, 1.54) is 6.42 Å². The van der Waals surface area contributed by atoms with Crippen LogP contribution in [-0.2, 0) is 11.3 Å². The molecule has 2 aromatic heterocycles.